The molecule has 0 spiro atoms. The molecule has 0 radical (unpaired) electrons. The summed E-state index contributed by atoms with van der Waals surface area (Å²) in [6.45, 7) is 2.02. The second-order valence-corrected chi connectivity index (χ2v) is 11.1. The quantitative estimate of drug-likeness (QED) is 0.301. The van der Waals surface area contributed by atoms with Gasteiger partial charge in [0.25, 0.3) is 10.0 Å². The van der Waals surface area contributed by atoms with Crippen molar-refractivity contribution < 1.29 is 13.2 Å². The Morgan fingerprint density at radius 3 is 2.53 bits per heavy atom. The smallest absolute Gasteiger partial charge is 0.268 e. The summed E-state index contributed by atoms with van der Waals surface area (Å²) in [5, 5.41) is 5.03. The van der Waals surface area contributed by atoms with Gasteiger partial charge in [-0.05, 0) is 68.4 Å². The molecule has 1 aliphatic rings. The second-order valence-electron chi connectivity index (χ2n) is 9.32. The van der Waals surface area contributed by atoms with E-state index in [1.807, 2.05) is 30.3 Å². The Kier molecular flexibility index (Phi) is 7.25. The molecule has 8 nitrogen and oxygen atoms in total. The molecule has 3 heterocycles. The summed E-state index contributed by atoms with van der Waals surface area (Å²) in [6, 6.07) is 21.7. The number of halogens is 1. The van der Waals surface area contributed by atoms with Crippen molar-refractivity contribution in [1.82, 2.24) is 18.8 Å². The highest BCUT2D eigenvalue weighted by Gasteiger charge is 2.21. The van der Waals surface area contributed by atoms with Crippen molar-refractivity contribution in [2.45, 2.75) is 23.8 Å². The van der Waals surface area contributed by atoms with Crippen molar-refractivity contribution in [3.05, 3.63) is 85.3 Å². The lowest BCUT2D eigenvalue weighted by Gasteiger charge is -2.29. The van der Waals surface area contributed by atoms with Crippen LogP contribution < -0.4 is 10.1 Å². The van der Waals surface area contributed by atoms with Gasteiger partial charge < -0.3 is 15.0 Å². The number of benzene rings is 3. The predicted molar refractivity (Wildman–Crippen MR) is 152 cm³/mol. The molecular weight excluding hydrogens is 522 g/mol. The topological polar surface area (TPSA) is 89.3 Å². The Balaban J connectivity index is 0.00000294. The van der Waals surface area contributed by atoms with Gasteiger partial charge in [0.1, 0.15) is 24.0 Å². The van der Waals surface area contributed by atoms with Crippen molar-refractivity contribution in [3.8, 4) is 5.75 Å². The molecule has 1 saturated heterocycles. The molecule has 3 aromatic carbocycles. The van der Waals surface area contributed by atoms with Crippen LogP contribution in [0.2, 0.25) is 0 Å². The molecule has 5 aromatic rings. The molecule has 10 heteroatoms. The number of hydrogen-bond acceptors (Lipinski definition) is 7. The summed E-state index contributed by atoms with van der Waals surface area (Å²) < 4.78 is 34.1. The molecule has 0 amide bonds. The van der Waals surface area contributed by atoms with E-state index in [9.17, 15) is 8.42 Å². The Labute approximate surface area is 227 Å². The maximum absolute atomic E-state index is 13.2. The highest BCUT2D eigenvalue weighted by molar-refractivity contribution is 7.90. The van der Waals surface area contributed by atoms with Gasteiger partial charge in [0.2, 0.25) is 0 Å². The van der Waals surface area contributed by atoms with Crippen LogP contribution in [0, 0.1) is 0 Å². The van der Waals surface area contributed by atoms with E-state index < -0.39 is 10.0 Å². The minimum Gasteiger partial charge on any atom is -0.489 e. The number of anilines is 2. The van der Waals surface area contributed by atoms with E-state index in [2.05, 4.69) is 27.2 Å². The fourth-order valence-electron chi connectivity index (χ4n) is 4.80. The minimum atomic E-state index is -3.69. The van der Waals surface area contributed by atoms with Crippen molar-refractivity contribution in [1.29, 1.82) is 0 Å². The van der Waals surface area contributed by atoms with E-state index in [0.717, 1.165) is 53.7 Å². The summed E-state index contributed by atoms with van der Waals surface area (Å²) in [5.41, 5.74) is 2.19. The molecule has 38 heavy (non-hydrogen) atoms. The van der Waals surface area contributed by atoms with Crippen molar-refractivity contribution in [3.63, 3.8) is 0 Å². The van der Waals surface area contributed by atoms with Gasteiger partial charge in [0.05, 0.1) is 21.3 Å². The Hall–Kier alpha value is -3.66. The SMILES string of the molecule is CN1CCC(Oc2cccc3ncnc(Nc4ccc5c(ccn5S(=O)(=O)c5ccccc5)c4)c23)CC1.Cl. The van der Waals surface area contributed by atoms with Crippen LogP contribution >= 0.6 is 12.4 Å². The standard InChI is InChI=1S/C28H27N5O3S.ClH/c1-32-15-13-22(14-16-32)36-26-9-5-8-24-27(26)28(30-19-29-24)31-21-10-11-25-20(18-21)12-17-33(25)37(34,35)23-6-3-2-4-7-23;/h2-12,17-19,22H,13-16H2,1H3,(H,29,30,31);1H. The monoisotopic (exact) mass is 549 g/mol. The number of hydrogen-bond donors (Lipinski definition) is 1. The van der Waals surface area contributed by atoms with Gasteiger partial charge in [-0.15, -0.1) is 12.4 Å². The van der Waals surface area contributed by atoms with E-state index in [1.165, 1.54) is 10.3 Å². The van der Waals surface area contributed by atoms with Gasteiger partial charge in [-0.2, -0.15) is 0 Å². The lowest BCUT2D eigenvalue weighted by atomic mass is 10.1. The largest absolute Gasteiger partial charge is 0.489 e. The first-order valence-corrected chi connectivity index (χ1v) is 13.7. The average molecular weight is 550 g/mol. The fraction of sp³-hybridized carbons (Fsp3) is 0.214. The highest BCUT2D eigenvalue weighted by Crippen LogP contribution is 2.34. The molecule has 6 rings (SSSR count). The molecule has 0 unspecified atom stereocenters. The maximum atomic E-state index is 13.2. The number of nitrogens with zero attached hydrogens (tertiary/aromatic N) is 4. The average Bonchev–Trinajstić information content (AvgIpc) is 3.35. The van der Waals surface area contributed by atoms with Crippen LogP contribution in [0.5, 0.6) is 5.75 Å². The van der Waals surface area contributed by atoms with Crippen molar-refractivity contribution in [2.75, 3.05) is 25.5 Å². The van der Waals surface area contributed by atoms with Crippen LogP contribution in [0.15, 0.2) is 90.2 Å². The van der Waals surface area contributed by atoms with Gasteiger partial charge >= 0.3 is 0 Å². The molecule has 1 aliphatic heterocycles. The van der Waals surface area contributed by atoms with Crippen LogP contribution in [0.4, 0.5) is 11.5 Å². The molecule has 0 saturated carbocycles. The first kappa shape index (κ1) is 26.0. The number of nitrogens with one attached hydrogen (secondary N) is 1. The Morgan fingerprint density at radius 2 is 1.74 bits per heavy atom. The summed E-state index contributed by atoms with van der Waals surface area (Å²) >= 11 is 0. The second kappa shape index (κ2) is 10.6. The van der Waals surface area contributed by atoms with Crippen LogP contribution in [0.1, 0.15) is 12.8 Å². The first-order chi connectivity index (χ1) is 18.0. The molecular formula is C28H28ClN5O3S. The third-order valence-corrected chi connectivity index (χ3v) is 8.51. The highest BCUT2D eigenvalue weighted by atomic mass is 35.5. The Bertz CT molecular complexity index is 1680. The molecule has 0 aliphatic carbocycles. The number of fused-ring (bicyclic) bond motifs is 2. The molecule has 1 N–H and O–H groups in total. The van der Waals surface area contributed by atoms with Gasteiger partial charge in [-0.3, -0.25) is 0 Å². The van der Waals surface area contributed by atoms with Crippen LogP contribution in [0.25, 0.3) is 21.8 Å². The number of ether oxygens (including phenoxy) is 1. The third-order valence-electron chi connectivity index (χ3n) is 6.80. The summed E-state index contributed by atoms with van der Waals surface area (Å²) in [4.78, 5) is 11.5. The lowest BCUT2D eigenvalue weighted by Crippen LogP contribution is -2.35. The Morgan fingerprint density at radius 1 is 0.947 bits per heavy atom. The van der Waals surface area contributed by atoms with Gasteiger partial charge in [0, 0.05) is 30.4 Å². The molecule has 1 fully saturated rings. The zero-order valence-electron chi connectivity index (χ0n) is 20.8. The zero-order chi connectivity index (χ0) is 25.4. The van der Waals surface area contributed by atoms with E-state index in [-0.39, 0.29) is 23.4 Å². The minimum absolute atomic E-state index is 0. The van der Waals surface area contributed by atoms with Gasteiger partial charge in [0.15, 0.2) is 0 Å². The third kappa shape index (κ3) is 4.92. The molecule has 0 bridgehead atoms. The maximum Gasteiger partial charge on any atom is 0.268 e. The van der Waals surface area contributed by atoms with Crippen LogP contribution in [0.3, 0.4) is 0 Å². The molecule has 2 aromatic heterocycles. The van der Waals surface area contributed by atoms with Crippen LogP contribution in [-0.4, -0.2) is 53.5 Å². The summed E-state index contributed by atoms with van der Waals surface area (Å²) in [6.07, 6.45) is 5.22. The van der Waals surface area contributed by atoms with E-state index >= 15 is 0 Å². The zero-order valence-corrected chi connectivity index (χ0v) is 22.5. The van der Waals surface area contributed by atoms with E-state index in [1.54, 1.807) is 48.7 Å². The number of rotatable bonds is 6. The summed E-state index contributed by atoms with van der Waals surface area (Å²) in [5.74, 6) is 1.40. The normalized spacial score (nSPS) is 14.9. The predicted octanol–water partition coefficient (Wildman–Crippen LogP) is 5.46. The number of piperidine rings is 1. The van der Waals surface area contributed by atoms with Gasteiger partial charge in [-0.1, -0.05) is 24.3 Å². The fourth-order valence-corrected chi connectivity index (χ4v) is 6.18. The van der Waals surface area contributed by atoms with E-state index in [0.29, 0.717) is 11.3 Å². The van der Waals surface area contributed by atoms with Gasteiger partial charge in [-0.25, -0.2) is 22.4 Å². The van der Waals surface area contributed by atoms with Crippen molar-refractivity contribution in [2.24, 2.45) is 0 Å². The summed E-state index contributed by atoms with van der Waals surface area (Å²) in [7, 11) is -1.56. The first-order valence-electron chi connectivity index (χ1n) is 12.3. The van der Waals surface area contributed by atoms with Crippen molar-refractivity contribution >= 4 is 55.7 Å². The van der Waals surface area contributed by atoms with E-state index in [4.69, 9.17) is 4.74 Å². The molecule has 196 valence electrons. The number of aromatic nitrogens is 3. The lowest BCUT2D eigenvalue weighted by molar-refractivity contribution is 0.116. The molecule has 0 atom stereocenters. The number of likely N-dealkylation sites (tertiary alicyclic amines) is 1. The van der Waals surface area contributed by atoms with Crippen LogP contribution in [-0.2, 0) is 10.0 Å².